The molecule has 204 valence electrons. The first-order valence-corrected chi connectivity index (χ1v) is 13.4. The molecule has 0 fully saturated rings. The van der Waals surface area contributed by atoms with Gasteiger partial charge >= 0.3 is 11.8 Å². The Hall–Kier alpha value is -3.15. The zero-order chi connectivity index (χ0) is 27.8. The molecular weight excluding hydrogens is 494 g/mol. The Balaban J connectivity index is 1.87. The first kappa shape index (κ1) is 30.1. The van der Waals surface area contributed by atoms with Crippen molar-refractivity contribution in [3.05, 3.63) is 53.1 Å². The molecule has 0 saturated heterocycles. The molecule has 0 bridgehead atoms. The summed E-state index contributed by atoms with van der Waals surface area (Å²) >= 11 is 0. The number of nitrogens with zero attached hydrogens (tertiary/aromatic N) is 3. The summed E-state index contributed by atoms with van der Waals surface area (Å²) in [7, 11) is 4.75. The van der Waals surface area contributed by atoms with Gasteiger partial charge in [-0.25, -0.2) is 8.42 Å². The molecule has 0 heterocycles. The number of ether oxygens (including phenoxy) is 1. The lowest BCUT2D eigenvalue weighted by Gasteiger charge is -2.21. The number of sulfonamides is 1. The van der Waals surface area contributed by atoms with Crippen LogP contribution in [0, 0.1) is 13.8 Å². The van der Waals surface area contributed by atoms with E-state index in [1.807, 2.05) is 38.4 Å². The van der Waals surface area contributed by atoms with Gasteiger partial charge in [-0.1, -0.05) is 12.1 Å². The average molecular weight is 534 g/mol. The highest BCUT2D eigenvalue weighted by atomic mass is 32.2. The van der Waals surface area contributed by atoms with Crippen molar-refractivity contribution in [1.82, 2.24) is 19.4 Å². The molecule has 0 aliphatic rings. The average Bonchev–Trinajstić information content (AvgIpc) is 2.83. The molecular formula is C26H39N5O5S. The Kier molecular flexibility index (Phi) is 10.9. The van der Waals surface area contributed by atoms with Crippen LogP contribution in [0.4, 0.5) is 5.69 Å². The van der Waals surface area contributed by atoms with Crippen molar-refractivity contribution in [3.63, 3.8) is 0 Å². The number of carbonyl (C=O) groups excluding carboxylic acids is 2. The minimum absolute atomic E-state index is 0.00426. The Morgan fingerprint density at radius 2 is 1.51 bits per heavy atom. The Morgan fingerprint density at radius 3 is 2.05 bits per heavy atom. The predicted octanol–water partition coefficient (Wildman–Crippen LogP) is 1.68. The van der Waals surface area contributed by atoms with E-state index in [1.54, 1.807) is 33.0 Å². The van der Waals surface area contributed by atoms with Crippen molar-refractivity contribution in [1.29, 1.82) is 0 Å². The molecule has 0 aliphatic heterocycles. The van der Waals surface area contributed by atoms with Crippen molar-refractivity contribution < 1.29 is 22.7 Å². The third-order valence-corrected chi connectivity index (χ3v) is 8.02. The minimum Gasteiger partial charge on any atom is -0.497 e. The van der Waals surface area contributed by atoms with Crippen LogP contribution in [0.2, 0.25) is 0 Å². The first-order chi connectivity index (χ1) is 17.4. The van der Waals surface area contributed by atoms with E-state index in [0.29, 0.717) is 16.9 Å². The van der Waals surface area contributed by atoms with Gasteiger partial charge in [0.2, 0.25) is 10.0 Å². The van der Waals surface area contributed by atoms with Crippen LogP contribution in [0.15, 0.2) is 41.3 Å². The number of amides is 2. The molecule has 2 rings (SSSR count). The van der Waals surface area contributed by atoms with Crippen LogP contribution in [0.3, 0.4) is 0 Å². The van der Waals surface area contributed by atoms with E-state index in [0.717, 1.165) is 28.6 Å². The summed E-state index contributed by atoms with van der Waals surface area (Å²) in [5.74, 6) is -0.897. The van der Waals surface area contributed by atoms with E-state index in [9.17, 15) is 18.0 Å². The van der Waals surface area contributed by atoms with Crippen molar-refractivity contribution in [2.75, 3.05) is 66.8 Å². The molecule has 0 atom stereocenters. The largest absolute Gasteiger partial charge is 0.497 e. The van der Waals surface area contributed by atoms with E-state index < -0.39 is 21.8 Å². The van der Waals surface area contributed by atoms with Crippen molar-refractivity contribution in [2.24, 2.45) is 0 Å². The fourth-order valence-electron chi connectivity index (χ4n) is 3.78. The molecule has 0 aromatic heterocycles. The molecule has 2 N–H and O–H groups in total. The van der Waals surface area contributed by atoms with Gasteiger partial charge in [0.05, 0.1) is 12.0 Å². The van der Waals surface area contributed by atoms with Crippen LogP contribution in [-0.2, 0) is 26.2 Å². The van der Waals surface area contributed by atoms with Crippen LogP contribution in [0.1, 0.15) is 16.7 Å². The number of methoxy groups -OCH3 is 1. The fourth-order valence-corrected chi connectivity index (χ4v) is 5.36. The molecule has 2 aromatic rings. The molecule has 0 saturated carbocycles. The maximum absolute atomic E-state index is 13.1. The van der Waals surface area contributed by atoms with Gasteiger partial charge in [-0.2, -0.15) is 4.31 Å². The number of anilines is 1. The molecule has 10 nitrogen and oxygen atoms in total. The molecule has 0 spiro atoms. The molecule has 2 amide bonds. The number of nitrogens with one attached hydrogen (secondary N) is 2. The number of rotatable bonds is 12. The maximum atomic E-state index is 13.1. The summed E-state index contributed by atoms with van der Waals surface area (Å²) in [6.07, 6.45) is 0. The van der Waals surface area contributed by atoms with Crippen LogP contribution in [0.25, 0.3) is 0 Å². The lowest BCUT2D eigenvalue weighted by molar-refractivity contribution is -0.145. The molecule has 0 unspecified atom stereocenters. The third-order valence-electron chi connectivity index (χ3n) is 5.85. The summed E-state index contributed by atoms with van der Waals surface area (Å²) < 4.78 is 32.6. The van der Waals surface area contributed by atoms with Crippen molar-refractivity contribution in [2.45, 2.75) is 25.3 Å². The van der Waals surface area contributed by atoms with Gasteiger partial charge in [0.25, 0.3) is 0 Å². The van der Waals surface area contributed by atoms with Gasteiger partial charge in [0.15, 0.2) is 0 Å². The predicted molar refractivity (Wildman–Crippen MR) is 145 cm³/mol. The number of hydrogen-bond acceptors (Lipinski definition) is 7. The molecule has 11 heteroatoms. The normalized spacial score (nSPS) is 11.5. The number of aryl methyl sites for hydroxylation is 2. The monoisotopic (exact) mass is 533 g/mol. The summed E-state index contributed by atoms with van der Waals surface area (Å²) in [4.78, 5) is 28.5. The van der Waals surface area contributed by atoms with Gasteiger partial charge in [-0.15, -0.1) is 0 Å². The highest BCUT2D eigenvalue weighted by Crippen LogP contribution is 2.27. The Morgan fingerprint density at radius 1 is 0.919 bits per heavy atom. The smallest absolute Gasteiger partial charge is 0.311 e. The molecule has 0 aliphatic carbocycles. The molecule has 0 radical (unpaired) electrons. The molecule has 37 heavy (non-hydrogen) atoms. The minimum atomic E-state index is -3.79. The van der Waals surface area contributed by atoms with Gasteiger partial charge in [-0.3, -0.25) is 9.59 Å². The van der Waals surface area contributed by atoms with Crippen molar-refractivity contribution in [3.8, 4) is 5.75 Å². The van der Waals surface area contributed by atoms with E-state index in [4.69, 9.17) is 4.74 Å². The highest BCUT2D eigenvalue weighted by Gasteiger charge is 2.26. The number of benzene rings is 2. The number of carbonyl (C=O) groups is 2. The van der Waals surface area contributed by atoms with Crippen LogP contribution in [-0.4, -0.2) is 95.8 Å². The third kappa shape index (κ3) is 8.44. The van der Waals surface area contributed by atoms with Crippen LogP contribution in [0.5, 0.6) is 5.75 Å². The van der Waals surface area contributed by atoms with E-state index >= 15 is 0 Å². The first-order valence-electron chi connectivity index (χ1n) is 12.0. The van der Waals surface area contributed by atoms with Gasteiger partial charge < -0.3 is 25.2 Å². The van der Waals surface area contributed by atoms with Crippen LogP contribution < -0.4 is 15.4 Å². The number of hydrogen-bond donors (Lipinski definition) is 2. The van der Waals surface area contributed by atoms with E-state index in [1.165, 1.54) is 19.1 Å². The van der Waals surface area contributed by atoms with Gasteiger partial charge in [0, 0.05) is 52.5 Å². The summed E-state index contributed by atoms with van der Waals surface area (Å²) in [5, 5.41) is 5.85. The number of likely N-dealkylation sites (N-methyl/N-ethyl adjacent to an activating group) is 3. The topological polar surface area (TPSA) is 111 Å². The quantitative estimate of drug-likeness (QED) is 0.400. The second-order valence-corrected chi connectivity index (χ2v) is 11.2. The van der Waals surface area contributed by atoms with Crippen LogP contribution >= 0.6 is 0 Å². The fraction of sp³-hybridized carbons (Fsp3) is 0.462. The van der Waals surface area contributed by atoms with Crippen molar-refractivity contribution >= 4 is 27.5 Å². The zero-order valence-corrected chi connectivity index (χ0v) is 23.6. The maximum Gasteiger partial charge on any atom is 0.311 e. The van der Waals surface area contributed by atoms with Gasteiger partial charge in [0.1, 0.15) is 5.75 Å². The Labute approximate surface area is 220 Å². The highest BCUT2D eigenvalue weighted by molar-refractivity contribution is 7.89. The zero-order valence-electron chi connectivity index (χ0n) is 22.8. The Bertz CT molecular complexity index is 1160. The molecule has 2 aromatic carbocycles. The second-order valence-electron chi connectivity index (χ2n) is 9.26. The summed E-state index contributed by atoms with van der Waals surface area (Å²) in [6, 6.07) is 11.0. The summed E-state index contributed by atoms with van der Waals surface area (Å²) in [6.45, 7) is 5.43. The summed E-state index contributed by atoms with van der Waals surface area (Å²) in [5.41, 5.74) is 3.01. The second kappa shape index (κ2) is 13.4. The van der Waals surface area contributed by atoms with E-state index in [-0.39, 0.29) is 24.5 Å². The lowest BCUT2D eigenvalue weighted by Crippen LogP contribution is -2.43. The van der Waals surface area contributed by atoms with Gasteiger partial charge in [-0.05, 0) is 68.9 Å². The standard InChI is InChI=1S/C26H39N5O5S/c1-19-16-23(36-7)17-20(2)24(19)37(34,35)31(6)15-13-28-25(32)26(33)30(5)18-21-8-10-22(11-9-21)27-12-14-29(3)4/h8-11,16-17,27H,12-15,18H2,1-7H3,(H,28,32). The SMILES string of the molecule is COc1cc(C)c(S(=O)(=O)N(C)CCNC(=O)C(=O)N(C)Cc2ccc(NCCN(C)C)cc2)c(C)c1. The van der Waals surface area contributed by atoms with E-state index in [2.05, 4.69) is 15.5 Å². The lowest BCUT2D eigenvalue weighted by atomic mass is 10.1.